The Balaban J connectivity index is 1.19. The summed E-state index contributed by atoms with van der Waals surface area (Å²) < 4.78 is 76.2. The fourth-order valence-electron chi connectivity index (χ4n) is 8.93. The summed E-state index contributed by atoms with van der Waals surface area (Å²) in [7, 11) is 0. The highest BCUT2D eigenvalue weighted by Crippen LogP contribution is 2.45. The number of fused-ring (bicyclic) bond motifs is 1. The zero-order valence-corrected chi connectivity index (χ0v) is 36.9. The minimum atomic E-state index is -3.38. The van der Waals surface area contributed by atoms with Gasteiger partial charge in [-0.3, -0.25) is 9.55 Å². The van der Waals surface area contributed by atoms with Gasteiger partial charge in [-0.25, -0.2) is 4.98 Å². The lowest BCUT2D eigenvalue weighted by Gasteiger charge is -2.27. The number of nitrogens with zero attached hydrogens (tertiary/aromatic N) is 3. The molecule has 322 valence electrons. The second-order valence-electron chi connectivity index (χ2n) is 17.8. The molecule has 0 unspecified atom stereocenters. The average Bonchev–Trinajstić information content (AvgIpc) is 3.88. The van der Waals surface area contributed by atoms with Crippen LogP contribution in [-0.4, -0.2) is 19.6 Å². The number of aromatic nitrogens is 3. The Kier molecular flexibility index (Phi) is 8.42. The maximum absolute atomic E-state index is 11.7. The molecule has 2 heterocycles. The molecule has 4 nitrogen and oxygen atoms in total. The normalized spacial score (nSPS) is 14.4. The van der Waals surface area contributed by atoms with Gasteiger partial charge in [0, 0.05) is 35.2 Å². The number of aromatic hydroxyl groups is 1. The summed E-state index contributed by atoms with van der Waals surface area (Å²) in [6.45, 7) is -3.43. The van der Waals surface area contributed by atoms with Crippen molar-refractivity contribution >= 4 is 11.0 Å². The van der Waals surface area contributed by atoms with Gasteiger partial charge in [0.1, 0.15) is 11.6 Å². The number of hydrogen-bond acceptors (Lipinski definition) is 3. The van der Waals surface area contributed by atoms with Gasteiger partial charge in [0.15, 0.2) is 0 Å². The van der Waals surface area contributed by atoms with Crippen molar-refractivity contribution in [3.05, 3.63) is 218 Å². The van der Waals surface area contributed by atoms with E-state index < -0.39 is 26.0 Å². The number of phenolic OH excluding ortho intramolecular Hbond substituents is 1. The summed E-state index contributed by atoms with van der Waals surface area (Å²) in [5.74, 6) is 0.649. The number of para-hydroxylation sites is 2. The third-order valence-corrected chi connectivity index (χ3v) is 12.2. The van der Waals surface area contributed by atoms with Crippen molar-refractivity contribution in [1.29, 1.82) is 0 Å². The summed E-state index contributed by atoms with van der Waals surface area (Å²) in [5, 5.41) is 11.7. The van der Waals surface area contributed by atoms with E-state index in [9.17, 15) is 5.11 Å². The Labute approximate surface area is 401 Å². The lowest BCUT2D eigenvalue weighted by molar-refractivity contribution is 0.477. The molecule has 0 bridgehead atoms. The molecule has 8 aromatic carbocycles. The molecule has 0 amide bonds. The van der Waals surface area contributed by atoms with E-state index in [4.69, 9.17) is 22.3 Å². The van der Waals surface area contributed by atoms with Gasteiger partial charge in [-0.2, -0.15) is 0 Å². The van der Waals surface area contributed by atoms with E-state index in [1.165, 1.54) is 17.7 Å². The molecule has 0 atom stereocenters. The number of imidazole rings is 1. The Hall–Kier alpha value is -7.82. The topological polar surface area (TPSA) is 50.9 Å². The number of hydrogen-bond donors (Lipinski definition) is 1. The maximum atomic E-state index is 11.7. The summed E-state index contributed by atoms with van der Waals surface area (Å²) in [4.78, 5) is 10.4. The molecule has 0 aliphatic carbocycles. The van der Waals surface area contributed by atoms with E-state index in [1.807, 2.05) is 66.7 Å². The molecule has 2 aromatic heterocycles. The molecular weight excluding hydrogens is 803 g/mol. The van der Waals surface area contributed by atoms with Crippen LogP contribution in [0.15, 0.2) is 206 Å². The van der Waals surface area contributed by atoms with Crippen LogP contribution in [0.4, 0.5) is 0 Å². The van der Waals surface area contributed by atoms with Crippen molar-refractivity contribution in [3.8, 4) is 89.7 Å². The predicted molar refractivity (Wildman–Crippen MR) is 276 cm³/mol. The van der Waals surface area contributed by atoms with Crippen molar-refractivity contribution in [3.63, 3.8) is 0 Å². The monoisotopic (exact) mass is 864 g/mol. The Morgan fingerprint density at radius 2 is 1.05 bits per heavy atom. The molecule has 10 rings (SSSR count). The minimum absolute atomic E-state index is 0.0894. The van der Waals surface area contributed by atoms with Crippen molar-refractivity contribution in [2.75, 3.05) is 0 Å². The van der Waals surface area contributed by atoms with Crippen LogP contribution < -0.4 is 0 Å². The first-order valence-corrected chi connectivity index (χ1v) is 22.0. The number of rotatable bonds is 8. The molecule has 0 radical (unpaired) electrons. The number of benzene rings is 8. The van der Waals surface area contributed by atoms with E-state index in [0.29, 0.717) is 33.7 Å². The summed E-state index contributed by atoms with van der Waals surface area (Å²) in [5.41, 5.74) is 11.0. The van der Waals surface area contributed by atoms with Crippen LogP contribution >= 0.6 is 0 Å². The highest BCUT2D eigenvalue weighted by atomic mass is 16.3. The van der Waals surface area contributed by atoms with Crippen molar-refractivity contribution in [2.24, 2.45) is 0 Å². The predicted octanol–water partition coefficient (Wildman–Crippen LogP) is 16.4. The number of phenols is 1. The van der Waals surface area contributed by atoms with Crippen LogP contribution in [0.2, 0.25) is 0 Å². The molecule has 66 heavy (non-hydrogen) atoms. The van der Waals surface area contributed by atoms with Gasteiger partial charge in [-0.15, -0.1) is 0 Å². The molecule has 0 spiro atoms. The molecule has 0 fully saturated rings. The fraction of sp³-hybridized carbons (Fsp3) is 0.129. The van der Waals surface area contributed by atoms with Gasteiger partial charge in [-0.1, -0.05) is 181 Å². The van der Waals surface area contributed by atoms with E-state index in [0.717, 1.165) is 61.3 Å². The quantitative estimate of drug-likeness (QED) is 0.166. The van der Waals surface area contributed by atoms with Gasteiger partial charge < -0.3 is 5.11 Å². The zero-order valence-electron chi connectivity index (χ0n) is 45.9. The first-order chi connectivity index (χ1) is 35.7. The van der Waals surface area contributed by atoms with E-state index in [1.54, 1.807) is 36.5 Å². The van der Waals surface area contributed by atoms with Crippen molar-refractivity contribution < 1.29 is 17.4 Å². The van der Waals surface area contributed by atoms with Crippen molar-refractivity contribution in [2.45, 2.75) is 52.2 Å². The first kappa shape index (κ1) is 32.8. The SMILES string of the molecule is [2H]C([2H])([2H])C(c1ccc(-c2ccnc(-c3cc(-c4ccccc4)cc(-c4cccc5c4nc(-c4ccccc4O)n5-c4cc(-c5ccccc5)c(C(C)(C)C)cc4-c4ccccc4)c3)c2)cc1)(C([2H])([2H])[2H])C([2H])([2H])[2H]. The van der Waals surface area contributed by atoms with Crippen LogP contribution in [-0.2, 0) is 10.8 Å². The smallest absolute Gasteiger partial charge is 0.149 e. The molecule has 0 aliphatic heterocycles. The molecule has 1 N–H and O–H groups in total. The van der Waals surface area contributed by atoms with Crippen molar-refractivity contribution in [1.82, 2.24) is 14.5 Å². The van der Waals surface area contributed by atoms with E-state index >= 15 is 0 Å². The first-order valence-electron chi connectivity index (χ1n) is 26.5. The van der Waals surface area contributed by atoms with Crippen LogP contribution in [0, 0.1) is 0 Å². The largest absolute Gasteiger partial charge is 0.507 e. The zero-order chi connectivity index (χ0) is 53.1. The van der Waals surface area contributed by atoms with Gasteiger partial charge >= 0.3 is 0 Å². The lowest BCUT2D eigenvalue weighted by Crippen LogP contribution is -2.14. The summed E-state index contributed by atoms with van der Waals surface area (Å²) >= 11 is 0. The average molecular weight is 865 g/mol. The van der Waals surface area contributed by atoms with Crippen LogP contribution in [0.3, 0.4) is 0 Å². The second-order valence-corrected chi connectivity index (χ2v) is 17.8. The molecule has 0 saturated heterocycles. The molecule has 4 heteroatoms. The van der Waals surface area contributed by atoms with Gasteiger partial charge in [0.2, 0.25) is 0 Å². The third kappa shape index (κ3) is 8.12. The maximum Gasteiger partial charge on any atom is 0.149 e. The van der Waals surface area contributed by atoms with Gasteiger partial charge in [0.25, 0.3) is 0 Å². The molecule has 0 aliphatic rings. The summed E-state index contributed by atoms with van der Waals surface area (Å²) in [6, 6.07) is 64.5. The minimum Gasteiger partial charge on any atom is -0.507 e. The van der Waals surface area contributed by atoms with Gasteiger partial charge in [-0.05, 0) is 127 Å². The lowest BCUT2D eigenvalue weighted by atomic mass is 9.79. The molecule has 0 saturated carbocycles. The Morgan fingerprint density at radius 1 is 0.455 bits per heavy atom. The third-order valence-electron chi connectivity index (χ3n) is 12.2. The Bertz CT molecular complexity index is 3670. The molecule has 10 aromatic rings. The van der Waals surface area contributed by atoms with Crippen LogP contribution in [0.5, 0.6) is 5.75 Å². The van der Waals surface area contributed by atoms with Gasteiger partial charge in [0.05, 0.1) is 28.0 Å². The van der Waals surface area contributed by atoms with E-state index in [2.05, 4.69) is 116 Å². The highest BCUT2D eigenvalue weighted by molar-refractivity contribution is 5.99. The standard InChI is InChI=1S/C62H53N3O/c1-61(2,3)49-31-29-42(30-32-49)45-33-34-63-55(38-45)48-36-46(41-19-10-7-11-20-41)35-47(37-48)50-26-18-27-56-59(50)64-60(51-25-16-17-28-58(51)66)65(56)57-40-52(43-21-12-8-13-22-43)54(62(4,5)6)39-53(57)44-23-14-9-15-24-44/h7-40,66H,1-6H3/i1D3,2D3,3D3. The second kappa shape index (κ2) is 17.0. The highest BCUT2D eigenvalue weighted by Gasteiger charge is 2.27. The molecular formula is C62H53N3O. The number of pyridine rings is 1. The van der Waals surface area contributed by atoms with E-state index in [-0.39, 0.29) is 16.7 Å². The Morgan fingerprint density at radius 3 is 1.71 bits per heavy atom. The fourth-order valence-corrected chi connectivity index (χ4v) is 8.93. The summed E-state index contributed by atoms with van der Waals surface area (Å²) in [6.07, 6.45) is 1.67. The van der Waals surface area contributed by atoms with Crippen LogP contribution in [0.1, 0.15) is 64.8 Å². The van der Waals surface area contributed by atoms with Crippen LogP contribution in [0.25, 0.3) is 95.0 Å².